The van der Waals surface area contributed by atoms with Crippen LogP contribution >= 0.6 is 0 Å². The molecule has 0 bridgehead atoms. The Bertz CT molecular complexity index is 924. The van der Waals surface area contributed by atoms with Crippen LogP contribution in [0.1, 0.15) is 40.9 Å². The van der Waals surface area contributed by atoms with Gasteiger partial charge in [0.15, 0.2) is 12.4 Å². The minimum absolute atomic E-state index is 0.165. The molecule has 0 saturated heterocycles. The highest BCUT2D eigenvalue weighted by Crippen LogP contribution is 2.39. The lowest BCUT2D eigenvalue weighted by Gasteiger charge is -2.12. The molecule has 5 nitrogen and oxygen atoms in total. The molecule has 5 heteroatoms. The average molecular weight is 366 g/mol. The maximum atomic E-state index is 12.7. The maximum Gasteiger partial charge on any atom is 0.344 e. The van der Waals surface area contributed by atoms with Gasteiger partial charge in [0.2, 0.25) is 5.78 Å². The van der Waals surface area contributed by atoms with Crippen molar-refractivity contribution < 1.29 is 23.8 Å². The van der Waals surface area contributed by atoms with Crippen LogP contribution in [0.15, 0.2) is 42.2 Å². The molecule has 1 aliphatic heterocycles. The van der Waals surface area contributed by atoms with Crippen molar-refractivity contribution in [3.05, 3.63) is 64.4 Å². The van der Waals surface area contributed by atoms with Gasteiger partial charge in [-0.1, -0.05) is 24.3 Å². The van der Waals surface area contributed by atoms with Crippen molar-refractivity contribution in [2.75, 3.05) is 6.61 Å². The minimum atomic E-state index is -0.443. The summed E-state index contributed by atoms with van der Waals surface area (Å²) in [6.45, 7) is 7.14. The van der Waals surface area contributed by atoms with E-state index in [-0.39, 0.29) is 24.3 Å². The average Bonchev–Trinajstić information content (AvgIpc) is 2.93. The van der Waals surface area contributed by atoms with Crippen LogP contribution in [0, 0.1) is 13.8 Å². The molecule has 0 aliphatic carbocycles. The molecule has 27 heavy (non-hydrogen) atoms. The highest BCUT2D eigenvalue weighted by atomic mass is 16.6. The number of fused-ring (bicyclic) bond motifs is 1. The molecule has 2 aromatic rings. The van der Waals surface area contributed by atoms with E-state index in [4.69, 9.17) is 14.2 Å². The van der Waals surface area contributed by atoms with Crippen molar-refractivity contribution in [1.82, 2.24) is 0 Å². The second kappa shape index (κ2) is 7.66. The Balaban J connectivity index is 1.82. The standard InChI is InChI=1S/C22H22O5/c1-13(2)26-20(23)12-25-18-10-9-17-21(24)19(27-22(17)15(18)4)11-16-8-6-5-7-14(16)3/h5-11,13H,12H2,1-4H3/b19-11-. The van der Waals surface area contributed by atoms with Crippen molar-refractivity contribution in [2.45, 2.75) is 33.8 Å². The van der Waals surface area contributed by atoms with Crippen LogP contribution in [0.2, 0.25) is 0 Å². The molecular formula is C22H22O5. The number of aryl methyl sites for hydroxylation is 1. The molecule has 140 valence electrons. The third-order valence-corrected chi connectivity index (χ3v) is 4.22. The van der Waals surface area contributed by atoms with E-state index < -0.39 is 5.97 Å². The molecule has 0 N–H and O–H groups in total. The normalized spacial score (nSPS) is 14.3. The Kier molecular flexibility index (Phi) is 5.31. The molecule has 0 atom stereocenters. The fourth-order valence-electron chi connectivity index (χ4n) is 2.85. The van der Waals surface area contributed by atoms with E-state index >= 15 is 0 Å². The number of carbonyl (C=O) groups is 2. The van der Waals surface area contributed by atoms with Crippen LogP contribution < -0.4 is 9.47 Å². The number of hydrogen-bond donors (Lipinski definition) is 0. The van der Waals surface area contributed by atoms with Gasteiger partial charge in [0, 0.05) is 5.56 Å². The summed E-state index contributed by atoms with van der Waals surface area (Å²) in [7, 11) is 0. The first-order valence-electron chi connectivity index (χ1n) is 8.82. The third-order valence-electron chi connectivity index (χ3n) is 4.22. The molecule has 0 fully saturated rings. The van der Waals surface area contributed by atoms with Crippen LogP contribution in [0.3, 0.4) is 0 Å². The summed E-state index contributed by atoms with van der Waals surface area (Å²) in [5.74, 6) is 0.622. The van der Waals surface area contributed by atoms with Crippen LogP contribution in [-0.4, -0.2) is 24.5 Å². The van der Waals surface area contributed by atoms with Gasteiger partial charge in [0.25, 0.3) is 0 Å². The Morgan fingerprint density at radius 2 is 1.89 bits per heavy atom. The van der Waals surface area contributed by atoms with Crippen LogP contribution in [-0.2, 0) is 9.53 Å². The van der Waals surface area contributed by atoms with Crippen LogP contribution in [0.5, 0.6) is 11.5 Å². The molecule has 0 aromatic heterocycles. The van der Waals surface area contributed by atoms with Crippen LogP contribution in [0.4, 0.5) is 0 Å². The molecule has 0 spiro atoms. The zero-order valence-electron chi connectivity index (χ0n) is 15.9. The summed E-state index contributed by atoms with van der Waals surface area (Å²) in [5.41, 5.74) is 3.15. The monoisotopic (exact) mass is 366 g/mol. The number of ether oxygens (including phenoxy) is 3. The van der Waals surface area contributed by atoms with Gasteiger partial charge in [-0.15, -0.1) is 0 Å². The van der Waals surface area contributed by atoms with Crippen molar-refractivity contribution in [3.63, 3.8) is 0 Å². The number of Topliss-reactive ketones (excluding diaryl/α,β-unsaturated/α-hetero) is 1. The van der Waals surface area contributed by atoms with Crippen molar-refractivity contribution in [1.29, 1.82) is 0 Å². The zero-order valence-corrected chi connectivity index (χ0v) is 15.9. The van der Waals surface area contributed by atoms with Gasteiger partial charge in [-0.2, -0.15) is 0 Å². The third kappa shape index (κ3) is 4.03. The quantitative estimate of drug-likeness (QED) is 0.585. The van der Waals surface area contributed by atoms with Gasteiger partial charge in [-0.3, -0.25) is 4.79 Å². The second-order valence-electron chi connectivity index (χ2n) is 6.69. The summed E-state index contributed by atoms with van der Waals surface area (Å²) in [4.78, 5) is 24.3. The first kappa shape index (κ1) is 18.7. The lowest BCUT2D eigenvalue weighted by molar-refractivity contribution is -0.149. The Labute approximate surface area is 158 Å². The highest BCUT2D eigenvalue weighted by molar-refractivity contribution is 6.15. The number of rotatable bonds is 5. The van der Waals surface area contributed by atoms with Crippen molar-refractivity contribution >= 4 is 17.8 Å². The SMILES string of the molecule is Cc1ccccc1/C=C1\Oc2c(ccc(OCC(=O)OC(C)C)c2C)C1=O. The molecule has 1 heterocycles. The van der Waals surface area contributed by atoms with E-state index in [1.54, 1.807) is 39.0 Å². The summed E-state index contributed by atoms with van der Waals surface area (Å²) in [6, 6.07) is 11.1. The number of benzene rings is 2. The van der Waals surface area contributed by atoms with Gasteiger partial charge in [-0.05, 0) is 57.0 Å². The Morgan fingerprint density at radius 1 is 1.15 bits per heavy atom. The van der Waals surface area contributed by atoms with E-state index in [2.05, 4.69) is 0 Å². The van der Waals surface area contributed by atoms with Crippen LogP contribution in [0.25, 0.3) is 6.08 Å². The summed E-state index contributed by atoms with van der Waals surface area (Å²) >= 11 is 0. The number of carbonyl (C=O) groups excluding carboxylic acids is 2. The highest BCUT2D eigenvalue weighted by Gasteiger charge is 2.30. The fourth-order valence-corrected chi connectivity index (χ4v) is 2.85. The number of esters is 1. The van der Waals surface area contributed by atoms with E-state index in [0.717, 1.165) is 11.1 Å². The molecule has 0 radical (unpaired) electrons. The predicted molar refractivity (Wildman–Crippen MR) is 102 cm³/mol. The van der Waals surface area contributed by atoms with Gasteiger partial charge < -0.3 is 14.2 Å². The van der Waals surface area contributed by atoms with Gasteiger partial charge in [0.05, 0.1) is 11.7 Å². The molecule has 0 saturated carbocycles. The smallest absolute Gasteiger partial charge is 0.344 e. The second-order valence-corrected chi connectivity index (χ2v) is 6.69. The molecule has 2 aromatic carbocycles. The first-order valence-corrected chi connectivity index (χ1v) is 8.82. The number of hydrogen-bond acceptors (Lipinski definition) is 5. The molecule has 0 amide bonds. The summed E-state index contributed by atoms with van der Waals surface area (Å²) in [5, 5.41) is 0. The molecule has 3 rings (SSSR count). The summed E-state index contributed by atoms with van der Waals surface area (Å²) in [6.07, 6.45) is 1.55. The zero-order chi connectivity index (χ0) is 19.6. The fraction of sp³-hybridized carbons (Fsp3) is 0.273. The largest absolute Gasteiger partial charge is 0.481 e. The predicted octanol–water partition coefficient (Wildman–Crippen LogP) is 4.25. The Morgan fingerprint density at radius 3 is 2.59 bits per heavy atom. The minimum Gasteiger partial charge on any atom is -0.481 e. The van der Waals surface area contributed by atoms with Crippen molar-refractivity contribution in [2.24, 2.45) is 0 Å². The molecule has 1 aliphatic rings. The van der Waals surface area contributed by atoms with E-state index in [1.807, 2.05) is 31.2 Å². The summed E-state index contributed by atoms with van der Waals surface area (Å²) < 4.78 is 16.4. The number of allylic oxidation sites excluding steroid dienone is 1. The molecular weight excluding hydrogens is 344 g/mol. The topological polar surface area (TPSA) is 61.8 Å². The van der Waals surface area contributed by atoms with E-state index in [1.165, 1.54) is 0 Å². The lowest BCUT2D eigenvalue weighted by Crippen LogP contribution is -2.19. The Hall–Kier alpha value is -3.08. The van der Waals surface area contributed by atoms with Crippen molar-refractivity contribution in [3.8, 4) is 11.5 Å². The molecule has 0 unspecified atom stereocenters. The van der Waals surface area contributed by atoms with Gasteiger partial charge >= 0.3 is 5.97 Å². The van der Waals surface area contributed by atoms with E-state index in [0.29, 0.717) is 22.6 Å². The first-order chi connectivity index (χ1) is 12.9. The van der Waals surface area contributed by atoms with Gasteiger partial charge in [-0.25, -0.2) is 4.79 Å². The number of ketones is 1. The van der Waals surface area contributed by atoms with E-state index in [9.17, 15) is 9.59 Å². The maximum absolute atomic E-state index is 12.7. The van der Waals surface area contributed by atoms with Gasteiger partial charge in [0.1, 0.15) is 11.5 Å². The lowest BCUT2D eigenvalue weighted by atomic mass is 10.0.